The lowest BCUT2D eigenvalue weighted by Gasteiger charge is -2.43. The van der Waals surface area contributed by atoms with Crippen molar-refractivity contribution in [1.82, 2.24) is 20.7 Å². The van der Waals surface area contributed by atoms with E-state index in [4.69, 9.17) is 14.2 Å². The highest BCUT2D eigenvalue weighted by atomic mass is 16.7. The van der Waals surface area contributed by atoms with Crippen LogP contribution < -0.4 is 10.6 Å². The molecule has 0 unspecified atom stereocenters. The van der Waals surface area contributed by atoms with Crippen molar-refractivity contribution in [3.8, 4) is 0 Å². The number of hydrogen-bond donors (Lipinski definition) is 2. The van der Waals surface area contributed by atoms with Crippen LogP contribution in [0.2, 0.25) is 0 Å². The number of nitrogens with zero attached hydrogens (tertiary/aromatic N) is 2. The highest BCUT2D eigenvalue weighted by Gasteiger charge is 2.45. The maximum atomic E-state index is 13.6. The van der Waals surface area contributed by atoms with Gasteiger partial charge in [0.1, 0.15) is 12.1 Å². The van der Waals surface area contributed by atoms with Crippen LogP contribution in [0.25, 0.3) is 0 Å². The van der Waals surface area contributed by atoms with Crippen LogP contribution >= 0.6 is 0 Å². The van der Waals surface area contributed by atoms with Crippen molar-refractivity contribution in [2.45, 2.75) is 56.5 Å². The summed E-state index contributed by atoms with van der Waals surface area (Å²) in [4.78, 5) is 77.0. The molecule has 13 heteroatoms. The molecule has 0 aliphatic carbocycles. The van der Waals surface area contributed by atoms with E-state index in [0.29, 0.717) is 6.42 Å². The van der Waals surface area contributed by atoms with E-state index >= 15 is 0 Å². The number of amides is 4. The standard InChI is InChI=1S/C25H32N4O9/c1-36-20(31)14-17(25(37-2)38-3)27-22(33)18-10-7-13-28-19(30)12-11-16(24(35)29(18)28)26-23(34)21(32)15-8-5-4-6-9-15/h4-6,8-9,16-18,25H,7,10-14H2,1-3H3,(H,26,34)(H,27,33)/t16-,17-,18-/m0/s1. The zero-order valence-electron chi connectivity index (χ0n) is 21.5. The fourth-order valence-corrected chi connectivity index (χ4v) is 4.53. The first-order chi connectivity index (χ1) is 18.2. The average Bonchev–Trinajstić information content (AvgIpc) is 3.05. The summed E-state index contributed by atoms with van der Waals surface area (Å²) < 4.78 is 15.1. The number of hydrazine groups is 1. The molecule has 0 saturated carbocycles. The Balaban J connectivity index is 1.81. The number of hydrogen-bond acceptors (Lipinski definition) is 9. The number of carbonyl (C=O) groups is 6. The van der Waals surface area contributed by atoms with Gasteiger partial charge in [-0.2, -0.15) is 0 Å². The summed E-state index contributed by atoms with van der Waals surface area (Å²) in [6.45, 7) is 0.211. The second kappa shape index (κ2) is 13.1. The number of Topliss-reactive ketones (excluding diaryl/α,β-unsaturated/α-hetero) is 1. The first-order valence-corrected chi connectivity index (χ1v) is 12.2. The molecule has 1 aromatic carbocycles. The van der Waals surface area contributed by atoms with Crippen LogP contribution in [0.1, 0.15) is 42.5 Å². The molecule has 0 aromatic heterocycles. The van der Waals surface area contributed by atoms with Crippen LogP contribution in [-0.4, -0.2) is 97.7 Å². The number of esters is 1. The van der Waals surface area contributed by atoms with Gasteiger partial charge in [-0.3, -0.25) is 33.8 Å². The topological polar surface area (TPSA) is 161 Å². The van der Waals surface area contributed by atoms with Gasteiger partial charge in [-0.1, -0.05) is 30.3 Å². The van der Waals surface area contributed by atoms with Gasteiger partial charge in [0.25, 0.3) is 11.8 Å². The monoisotopic (exact) mass is 532 g/mol. The van der Waals surface area contributed by atoms with Crippen LogP contribution in [-0.2, 0) is 38.2 Å². The number of benzene rings is 1. The number of nitrogens with one attached hydrogen (secondary N) is 2. The Morgan fingerprint density at radius 2 is 1.71 bits per heavy atom. The number of rotatable bonds is 10. The Morgan fingerprint density at radius 3 is 2.34 bits per heavy atom. The van der Waals surface area contributed by atoms with Crippen LogP contribution in [0, 0.1) is 0 Å². The summed E-state index contributed by atoms with van der Waals surface area (Å²) in [5.74, 6) is -4.16. The predicted molar refractivity (Wildman–Crippen MR) is 130 cm³/mol. The van der Waals surface area contributed by atoms with Gasteiger partial charge in [-0.25, -0.2) is 5.01 Å². The van der Waals surface area contributed by atoms with Crippen molar-refractivity contribution in [2.24, 2.45) is 0 Å². The van der Waals surface area contributed by atoms with Gasteiger partial charge >= 0.3 is 5.97 Å². The molecule has 0 spiro atoms. The van der Waals surface area contributed by atoms with Gasteiger partial charge in [0.2, 0.25) is 17.6 Å². The summed E-state index contributed by atoms with van der Waals surface area (Å²) in [5.41, 5.74) is 0.154. The molecule has 4 amide bonds. The lowest BCUT2D eigenvalue weighted by atomic mass is 10.0. The Labute approximate surface area is 219 Å². The summed E-state index contributed by atoms with van der Waals surface area (Å²) in [6.07, 6.45) is -0.695. The molecule has 3 atom stereocenters. The molecule has 2 aliphatic rings. The molecular formula is C25H32N4O9. The average molecular weight is 533 g/mol. The van der Waals surface area contributed by atoms with E-state index in [1.807, 2.05) is 0 Å². The van der Waals surface area contributed by atoms with Crippen molar-refractivity contribution in [3.05, 3.63) is 35.9 Å². The summed E-state index contributed by atoms with van der Waals surface area (Å²) >= 11 is 0. The Kier molecular flexibility index (Phi) is 9.91. The minimum atomic E-state index is -1.20. The van der Waals surface area contributed by atoms with Crippen molar-refractivity contribution in [1.29, 1.82) is 0 Å². The molecule has 2 aliphatic heterocycles. The van der Waals surface area contributed by atoms with E-state index in [1.165, 1.54) is 38.5 Å². The number of methoxy groups -OCH3 is 3. The lowest BCUT2D eigenvalue weighted by molar-refractivity contribution is -0.177. The molecule has 3 rings (SSSR count). The van der Waals surface area contributed by atoms with Crippen molar-refractivity contribution in [2.75, 3.05) is 27.9 Å². The highest BCUT2D eigenvalue weighted by molar-refractivity contribution is 6.43. The molecule has 38 heavy (non-hydrogen) atoms. The molecule has 2 heterocycles. The van der Waals surface area contributed by atoms with E-state index in [0.717, 1.165) is 5.01 Å². The quantitative estimate of drug-likeness (QED) is 0.176. The van der Waals surface area contributed by atoms with E-state index < -0.39 is 53.9 Å². The first-order valence-electron chi connectivity index (χ1n) is 12.2. The molecule has 0 bridgehead atoms. The number of carbonyl (C=O) groups excluding carboxylic acids is 6. The molecule has 2 N–H and O–H groups in total. The molecule has 2 fully saturated rings. The Bertz CT molecular complexity index is 1060. The van der Waals surface area contributed by atoms with Gasteiger partial charge in [0.15, 0.2) is 6.29 Å². The van der Waals surface area contributed by atoms with Gasteiger partial charge in [-0.15, -0.1) is 0 Å². The summed E-state index contributed by atoms with van der Waals surface area (Å²) in [5, 5.41) is 7.38. The molecule has 2 saturated heterocycles. The van der Waals surface area contributed by atoms with E-state index in [-0.39, 0.29) is 43.7 Å². The zero-order chi connectivity index (χ0) is 27.8. The fourth-order valence-electron chi connectivity index (χ4n) is 4.53. The molecule has 0 radical (unpaired) electrons. The Morgan fingerprint density at radius 1 is 1.03 bits per heavy atom. The minimum Gasteiger partial charge on any atom is -0.469 e. The highest BCUT2D eigenvalue weighted by Crippen LogP contribution is 2.25. The predicted octanol–water partition coefficient (Wildman–Crippen LogP) is -0.451. The van der Waals surface area contributed by atoms with E-state index in [9.17, 15) is 28.8 Å². The normalized spacial score (nSPS) is 20.3. The van der Waals surface area contributed by atoms with Gasteiger partial charge in [-0.05, 0) is 19.3 Å². The number of ether oxygens (including phenoxy) is 3. The van der Waals surface area contributed by atoms with Crippen LogP contribution in [0.4, 0.5) is 0 Å². The molecule has 13 nitrogen and oxygen atoms in total. The molecular weight excluding hydrogens is 500 g/mol. The fraction of sp³-hybridized carbons (Fsp3) is 0.520. The third-order valence-corrected chi connectivity index (χ3v) is 6.45. The molecule has 206 valence electrons. The van der Waals surface area contributed by atoms with Crippen LogP contribution in [0.5, 0.6) is 0 Å². The SMILES string of the molecule is COC(=O)C[C@H](NC(=O)[C@@H]1CCCN2C(=O)CC[C@H](NC(=O)C(=O)c3ccccc3)C(=O)N12)C(OC)OC. The second-order valence-corrected chi connectivity index (χ2v) is 8.85. The van der Waals surface area contributed by atoms with Gasteiger partial charge in [0, 0.05) is 32.7 Å². The van der Waals surface area contributed by atoms with Gasteiger partial charge < -0.3 is 24.8 Å². The van der Waals surface area contributed by atoms with Crippen LogP contribution in [0.15, 0.2) is 30.3 Å². The number of fused-ring (bicyclic) bond motifs is 1. The third-order valence-electron chi connectivity index (χ3n) is 6.45. The maximum Gasteiger partial charge on any atom is 0.307 e. The maximum absolute atomic E-state index is 13.6. The van der Waals surface area contributed by atoms with Crippen LogP contribution in [0.3, 0.4) is 0 Å². The molecule has 1 aromatic rings. The zero-order valence-corrected chi connectivity index (χ0v) is 21.5. The summed E-state index contributed by atoms with van der Waals surface area (Å²) in [6, 6.07) is 4.60. The van der Waals surface area contributed by atoms with Crippen molar-refractivity contribution < 1.29 is 43.0 Å². The largest absolute Gasteiger partial charge is 0.469 e. The van der Waals surface area contributed by atoms with Crippen molar-refractivity contribution >= 4 is 35.4 Å². The lowest BCUT2D eigenvalue weighted by Crippen LogP contribution is -2.65. The first kappa shape index (κ1) is 28.7. The van der Waals surface area contributed by atoms with Gasteiger partial charge in [0.05, 0.1) is 19.6 Å². The van der Waals surface area contributed by atoms with E-state index in [1.54, 1.807) is 18.2 Å². The number of ketones is 1. The second-order valence-electron chi connectivity index (χ2n) is 8.85. The van der Waals surface area contributed by atoms with E-state index in [2.05, 4.69) is 10.6 Å². The minimum absolute atomic E-state index is 0.0345. The Hall–Kier alpha value is -3.84. The van der Waals surface area contributed by atoms with Crippen molar-refractivity contribution in [3.63, 3.8) is 0 Å². The third kappa shape index (κ3) is 6.53. The summed E-state index contributed by atoms with van der Waals surface area (Å²) in [7, 11) is 3.88. The smallest absolute Gasteiger partial charge is 0.307 e.